The van der Waals surface area contributed by atoms with Crippen molar-refractivity contribution in [2.24, 2.45) is 0 Å². The number of nitrogens with zero attached hydrogens (tertiary/aromatic N) is 4. The summed E-state index contributed by atoms with van der Waals surface area (Å²) in [6, 6.07) is 12.7. The minimum absolute atomic E-state index is 0.0640. The van der Waals surface area contributed by atoms with E-state index >= 15 is 0 Å². The van der Waals surface area contributed by atoms with Gasteiger partial charge in [0.2, 0.25) is 0 Å². The Labute approximate surface area is 166 Å². The first-order chi connectivity index (χ1) is 13.9. The van der Waals surface area contributed by atoms with E-state index in [1.165, 1.54) is 18.2 Å². The van der Waals surface area contributed by atoms with Gasteiger partial charge in [-0.05, 0) is 31.2 Å². The minimum atomic E-state index is -0.389. The van der Waals surface area contributed by atoms with E-state index in [1.807, 2.05) is 4.90 Å². The highest BCUT2D eigenvalue weighted by molar-refractivity contribution is 5.98. The lowest BCUT2D eigenvalue weighted by atomic mass is 10.1. The second-order valence-electron chi connectivity index (χ2n) is 6.98. The lowest BCUT2D eigenvalue weighted by Crippen LogP contribution is -2.49. The predicted molar refractivity (Wildman–Crippen MR) is 108 cm³/mol. The topological polar surface area (TPSA) is 79.6 Å². The number of hydrogen-bond donors (Lipinski definition) is 0. The van der Waals surface area contributed by atoms with E-state index in [2.05, 4.69) is 4.98 Å². The molecule has 2 heterocycles. The molecule has 1 fully saturated rings. The Bertz CT molecular complexity index is 1110. The first kappa shape index (κ1) is 18.8. The van der Waals surface area contributed by atoms with E-state index in [0.717, 1.165) is 0 Å². The summed E-state index contributed by atoms with van der Waals surface area (Å²) in [7, 11) is 0. The smallest absolute Gasteiger partial charge is 0.292 e. The number of anilines is 1. The number of nitro groups is 1. The third kappa shape index (κ3) is 3.61. The number of carbonyl (C=O) groups excluding carboxylic acids is 1. The molecule has 0 atom stereocenters. The lowest BCUT2D eigenvalue weighted by molar-refractivity contribution is -0.384. The van der Waals surface area contributed by atoms with Crippen molar-refractivity contribution in [3.05, 3.63) is 75.7 Å². The third-order valence-electron chi connectivity index (χ3n) is 5.19. The summed E-state index contributed by atoms with van der Waals surface area (Å²) in [5.41, 5.74) is 2.18. The number of para-hydroxylation sites is 2. The van der Waals surface area contributed by atoms with Crippen LogP contribution in [0.15, 0.2) is 48.5 Å². The van der Waals surface area contributed by atoms with Gasteiger partial charge < -0.3 is 9.80 Å². The summed E-state index contributed by atoms with van der Waals surface area (Å²) >= 11 is 0. The van der Waals surface area contributed by atoms with Gasteiger partial charge in [-0.1, -0.05) is 12.1 Å². The van der Waals surface area contributed by atoms with Crippen LogP contribution in [-0.4, -0.2) is 46.9 Å². The normalized spacial score (nSPS) is 14.3. The summed E-state index contributed by atoms with van der Waals surface area (Å²) in [6.45, 7) is 3.64. The van der Waals surface area contributed by atoms with Gasteiger partial charge in [0.1, 0.15) is 11.5 Å². The quantitative estimate of drug-likeness (QED) is 0.501. The number of amides is 1. The molecule has 0 N–H and O–H groups in total. The monoisotopic (exact) mass is 394 g/mol. The molecule has 1 aliphatic rings. The van der Waals surface area contributed by atoms with Gasteiger partial charge in [0.25, 0.3) is 11.6 Å². The van der Waals surface area contributed by atoms with Crippen LogP contribution in [0.3, 0.4) is 0 Å². The number of carbonyl (C=O) groups is 1. The fourth-order valence-corrected chi connectivity index (χ4v) is 3.66. The third-order valence-corrected chi connectivity index (χ3v) is 5.19. The van der Waals surface area contributed by atoms with E-state index in [-0.39, 0.29) is 22.3 Å². The summed E-state index contributed by atoms with van der Waals surface area (Å²) < 4.78 is 13.4. The standard InChI is InChI=1S/C21H19FN4O3/c1-14-17(12-15-6-7-16(22)13-18(15)23-14)21(27)25-10-8-24(9-11-25)19-4-2-3-5-20(19)26(28)29/h2-7,12-13H,8-11H2,1H3. The van der Waals surface area contributed by atoms with E-state index in [9.17, 15) is 19.3 Å². The van der Waals surface area contributed by atoms with Crippen molar-refractivity contribution in [2.45, 2.75) is 6.92 Å². The van der Waals surface area contributed by atoms with Crippen molar-refractivity contribution in [1.29, 1.82) is 0 Å². The molecule has 7 nitrogen and oxygen atoms in total. The zero-order valence-corrected chi connectivity index (χ0v) is 15.8. The first-order valence-electron chi connectivity index (χ1n) is 9.28. The average molecular weight is 394 g/mol. The van der Waals surface area contributed by atoms with E-state index < -0.39 is 0 Å². The number of benzene rings is 2. The molecule has 0 saturated carbocycles. The van der Waals surface area contributed by atoms with Gasteiger partial charge in [0.05, 0.1) is 21.7 Å². The Morgan fingerprint density at radius 1 is 1.10 bits per heavy atom. The average Bonchev–Trinajstić information content (AvgIpc) is 2.73. The maximum Gasteiger partial charge on any atom is 0.292 e. The predicted octanol–water partition coefficient (Wildman–Crippen LogP) is 3.55. The molecule has 0 aliphatic carbocycles. The number of aromatic nitrogens is 1. The van der Waals surface area contributed by atoms with Crippen molar-refractivity contribution >= 4 is 28.2 Å². The van der Waals surface area contributed by atoms with Crippen molar-refractivity contribution in [2.75, 3.05) is 31.1 Å². The van der Waals surface area contributed by atoms with Crippen LogP contribution in [0.1, 0.15) is 16.1 Å². The molecular weight excluding hydrogens is 375 g/mol. The number of nitro benzene ring substituents is 1. The molecule has 148 valence electrons. The Morgan fingerprint density at radius 2 is 1.83 bits per heavy atom. The van der Waals surface area contributed by atoms with Crippen LogP contribution < -0.4 is 4.90 Å². The van der Waals surface area contributed by atoms with Gasteiger partial charge in [0, 0.05) is 43.7 Å². The second kappa shape index (κ2) is 7.46. The highest BCUT2D eigenvalue weighted by Crippen LogP contribution is 2.28. The number of fused-ring (bicyclic) bond motifs is 1. The summed E-state index contributed by atoms with van der Waals surface area (Å²) in [5, 5.41) is 12.0. The van der Waals surface area contributed by atoms with Crippen molar-refractivity contribution in [3.63, 3.8) is 0 Å². The zero-order chi connectivity index (χ0) is 20.5. The van der Waals surface area contributed by atoms with E-state index in [1.54, 1.807) is 42.2 Å². The molecule has 4 rings (SSSR count). The first-order valence-corrected chi connectivity index (χ1v) is 9.28. The van der Waals surface area contributed by atoms with Gasteiger partial charge >= 0.3 is 0 Å². The highest BCUT2D eigenvalue weighted by atomic mass is 19.1. The van der Waals surface area contributed by atoms with E-state index in [4.69, 9.17) is 0 Å². The van der Waals surface area contributed by atoms with Crippen LogP contribution in [0, 0.1) is 22.9 Å². The lowest BCUT2D eigenvalue weighted by Gasteiger charge is -2.36. The molecule has 1 amide bonds. The van der Waals surface area contributed by atoms with Gasteiger partial charge in [-0.3, -0.25) is 19.9 Å². The molecular formula is C21H19FN4O3. The summed E-state index contributed by atoms with van der Waals surface area (Å²) in [5.74, 6) is -0.502. The molecule has 0 unspecified atom stereocenters. The largest absolute Gasteiger partial charge is 0.362 e. The zero-order valence-electron chi connectivity index (χ0n) is 15.8. The number of aryl methyl sites for hydroxylation is 1. The van der Waals surface area contributed by atoms with Crippen LogP contribution in [0.25, 0.3) is 10.9 Å². The van der Waals surface area contributed by atoms with Crippen LogP contribution in [0.2, 0.25) is 0 Å². The van der Waals surface area contributed by atoms with E-state index in [0.29, 0.717) is 54.0 Å². The van der Waals surface area contributed by atoms with Gasteiger partial charge in [-0.25, -0.2) is 4.39 Å². The van der Waals surface area contributed by atoms with Gasteiger partial charge in [-0.2, -0.15) is 0 Å². The fourth-order valence-electron chi connectivity index (χ4n) is 3.66. The van der Waals surface area contributed by atoms with Gasteiger partial charge in [-0.15, -0.1) is 0 Å². The fraction of sp³-hybridized carbons (Fsp3) is 0.238. The van der Waals surface area contributed by atoms with Crippen LogP contribution >= 0.6 is 0 Å². The number of hydrogen-bond acceptors (Lipinski definition) is 5. The maximum absolute atomic E-state index is 13.4. The Balaban J connectivity index is 1.53. The Kier molecular flexibility index (Phi) is 4.84. The molecule has 8 heteroatoms. The molecule has 2 aromatic carbocycles. The number of piperazine rings is 1. The minimum Gasteiger partial charge on any atom is -0.362 e. The number of rotatable bonds is 3. The molecule has 1 aromatic heterocycles. The SMILES string of the molecule is Cc1nc2cc(F)ccc2cc1C(=O)N1CCN(c2ccccc2[N+](=O)[O-])CC1. The second-order valence-corrected chi connectivity index (χ2v) is 6.98. The van der Waals surface area contributed by atoms with Crippen molar-refractivity contribution in [3.8, 4) is 0 Å². The molecule has 3 aromatic rings. The van der Waals surface area contributed by atoms with Crippen LogP contribution in [0.4, 0.5) is 15.8 Å². The summed E-state index contributed by atoms with van der Waals surface area (Å²) in [6.07, 6.45) is 0. The molecule has 0 spiro atoms. The molecule has 0 bridgehead atoms. The van der Waals surface area contributed by atoms with Crippen LogP contribution in [-0.2, 0) is 0 Å². The maximum atomic E-state index is 13.4. The van der Waals surface area contributed by atoms with Crippen molar-refractivity contribution in [1.82, 2.24) is 9.88 Å². The summed E-state index contributed by atoms with van der Waals surface area (Å²) in [4.78, 5) is 31.9. The Hall–Kier alpha value is -3.55. The molecule has 0 radical (unpaired) electrons. The molecule has 29 heavy (non-hydrogen) atoms. The Morgan fingerprint density at radius 3 is 2.55 bits per heavy atom. The number of pyridine rings is 1. The van der Waals surface area contributed by atoms with Crippen molar-refractivity contribution < 1.29 is 14.1 Å². The van der Waals surface area contributed by atoms with Crippen LogP contribution in [0.5, 0.6) is 0 Å². The highest BCUT2D eigenvalue weighted by Gasteiger charge is 2.27. The van der Waals surface area contributed by atoms with Gasteiger partial charge in [0.15, 0.2) is 0 Å². The molecule has 1 saturated heterocycles. The molecule has 1 aliphatic heterocycles. The number of halogens is 1.